The van der Waals surface area contributed by atoms with Crippen LogP contribution in [0.25, 0.3) is 0 Å². The fourth-order valence-corrected chi connectivity index (χ4v) is 3.00. The summed E-state index contributed by atoms with van der Waals surface area (Å²) in [6.07, 6.45) is -0.627. The second-order valence-electron chi connectivity index (χ2n) is 6.58. The van der Waals surface area contributed by atoms with E-state index in [9.17, 15) is 4.79 Å². The summed E-state index contributed by atoms with van der Waals surface area (Å²) in [6, 6.07) is 15.6. The Bertz CT molecular complexity index is 728. The molecule has 2 N–H and O–H groups in total. The van der Waals surface area contributed by atoms with Gasteiger partial charge in [0.25, 0.3) is 5.91 Å². The first-order valence-corrected chi connectivity index (χ1v) is 8.41. The number of amides is 1. The lowest BCUT2D eigenvalue weighted by molar-refractivity contribution is -0.127. The van der Waals surface area contributed by atoms with Gasteiger partial charge in [0.05, 0.1) is 5.69 Å². The summed E-state index contributed by atoms with van der Waals surface area (Å²) in [6.45, 7) is 6.64. The van der Waals surface area contributed by atoms with E-state index in [4.69, 9.17) is 10.5 Å². The highest BCUT2D eigenvalue weighted by atomic mass is 16.5. The van der Waals surface area contributed by atoms with Crippen LogP contribution in [0.3, 0.4) is 0 Å². The first-order chi connectivity index (χ1) is 11.5. The molecule has 2 aromatic rings. The van der Waals surface area contributed by atoms with Crippen LogP contribution in [0.15, 0.2) is 48.5 Å². The number of carbonyl (C=O) groups excluding carboxylic acids is 1. The number of ether oxygens (including phenoxy) is 1. The number of carbonyl (C=O) groups is 1. The van der Waals surface area contributed by atoms with Crippen LogP contribution in [-0.2, 0) is 4.79 Å². The fourth-order valence-electron chi connectivity index (χ4n) is 3.00. The van der Waals surface area contributed by atoms with Crippen LogP contribution in [0, 0.1) is 0 Å². The second-order valence-corrected chi connectivity index (χ2v) is 6.58. The SMILES string of the molecule is CC(C)c1ccc2c(c1)N(C(C)CN)C(=O)C(c1ccccc1)O2. The Morgan fingerprint density at radius 3 is 2.46 bits per heavy atom. The zero-order chi connectivity index (χ0) is 17.3. The minimum absolute atomic E-state index is 0.0624. The van der Waals surface area contributed by atoms with Crippen LogP contribution in [0.4, 0.5) is 5.69 Å². The predicted molar refractivity (Wildman–Crippen MR) is 96.3 cm³/mol. The van der Waals surface area contributed by atoms with Gasteiger partial charge in [-0.2, -0.15) is 0 Å². The van der Waals surface area contributed by atoms with Crippen molar-refractivity contribution in [3.05, 3.63) is 59.7 Å². The molecule has 1 amide bonds. The van der Waals surface area contributed by atoms with Crippen LogP contribution in [-0.4, -0.2) is 18.5 Å². The average Bonchev–Trinajstić information content (AvgIpc) is 2.60. The third kappa shape index (κ3) is 2.89. The molecule has 1 aliphatic heterocycles. The van der Waals surface area contributed by atoms with E-state index < -0.39 is 6.10 Å². The molecule has 0 saturated heterocycles. The molecule has 0 bridgehead atoms. The molecule has 4 heteroatoms. The van der Waals surface area contributed by atoms with Crippen molar-refractivity contribution in [3.8, 4) is 5.75 Å². The Hall–Kier alpha value is -2.33. The predicted octanol–water partition coefficient (Wildman–Crippen LogP) is 3.62. The number of fused-ring (bicyclic) bond motifs is 1. The van der Waals surface area contributed by atoms with Gasteiger partial charge in [0.2, 0.25) is 6.10 Å². The van der Waals surface area contributed by atoms with Crippen LogP contribution in [0.1, 0.15) is 43.9 Å². The fraction of sp³-hybridized carbons (Fsp3) is 0.350. The lowest BCUT2D eigenvalue weighted by atomic mass is 9.99. The van der Waals surface area contributed by atoms with Crippen molar-refractivity contribution in [3.63, 3.8) is 0 Å². The molecule has 3 rings (SSSR count). The first kappa shape index (κ1) is 16.5. The third-order valence-electron chi connectivity index (χ3n) is 4.50. The van der Waals surface area contributed by atoms with Crippen LogP contribution in [0.2, 0.25) is 0 Å². The van der Waals surface area contributed by atoms with E-state index in [0.717, 1.165) is 17.0 Å². The summed E-state index contributed by atoms with van der Waals surface area (Å²) in [5.74, 6) is 1.05. The van der Waals surface area contributed by atoms with E-state index in [1.54, 1.807) is 4.90 Å². The molecule has 2 aromatic carbocycles. The summed E-state index contributed by atoms with van der Waals surface area (Å²) >= 11 is 0. The molecule has 126 valence electrons. The highest BCUT2D eigenvalue weighted by molar-refractivity contribution is 6.01. The van der Waals surface area contributed by atoms with E-state index in [-0.39, 0.29) is 11.9 Å². The molecular weight excluding hydrogens is 300 g/mol. The van der Waals surface area contributed by atoms with Gasteiger partial charge >= 0.3 is 0 Å². The van der Waals surface area contributed by atoms with Gasteiger partial charge < -0.3 is 15.4 Å². The number of nitrogens with zero attached hydrogens (tertiary/aromatic N) is 1. The molecule has 0 aliphatic carbocycles. The molecule has 4 nitrogen and oxygen atoms in total. The Morgan fingerprint density at radius 2 is 1.83 bits per heavy atom. The number of hydrogen-bond acceptors (Lipinski definition) is 3. The Morgan fingerprint density at radius 1 is 1.12 bits per heavy atom. The van der Waals surface area contributed by atoms with Crippen LogP contribution in [0.5, 0.6) is 5.75 Å². The molecule has 0 saturated carbocycles. The Balaban J connectivity index is 2.09. The van der Waals surface area contributed by atoms with E-state index >= 15 is 0 Å². The molecule has 0 spiro atoms. The number of nitrogens with two attached hydrogens (primary N) is 1. The highest BCUT2D eigenvalue weighted by Crippen LogP contribution is 2.41. The summed E-state index contributed by atoms with van der Waals surface area (Å²) < 4.78 is 6.06. The molecule has 0 fully saturated rings. The lowest BCUT2D eigenvalue weighted by Crippen LogP contribution is -2.48. The van der Waals surface area contributed by atoms with Crippen molar-refractivity contribution >= 4 is 11.6 Å². The standard InChI is InChI=1S/C20H24N2O2/c1-13(2)16-9-10-18-17(11-16)22(14(3)12-21)20(23)19(24-18)15-7-5-4-6-8-15/h4-11,13-14,19H,12,21H2,1-3H3. The van der Waals surface area contributed by atoms with Crippen molar-refractivity contribution in [2.45, 2.75) is 38.8 Å². The van der Waals surface area contributed by atoms with Gasteiger partial charge in [0.1, 0.15) is 5.75 Å². The minimum Gasteiger partial charge on any atom is -0.474 e. The van der Waals surface area contributed by atoms with Gasteiger partial charge in [-0.3, -0.25) is 4.79 Å². The average molecular weight is 324 g/mol. The van der Waals surface area contributed by atoms with Crippen molar-refractivity contribution in [1.82, 2.24) is 0 Å². The Kier molecular flexibility index (Phi) is 4.58. The minimum atomic E-state index is -0.627. The van der Waals surface area contributed by atoms with Crippen molar-refractivity contribution in [1.29, 1.82) is 0 Å². The van der Waals surface area contributed by atoms with Gasteiger partial charge in [-0.1, -0.05) is 50.2 Å². The zero-order valence-electron chi connectivity index (χ0n) is 14.4. The quantitative estimate of drug-likeness (QED) is 0.934. The maximum atomic E-state index is 13.1. The summed E-state index contributed by atoms with van der Waals surface area (Å²) in [5, 5.41) is 0. The number of rotatable bonds is 4. The first-order valence-electron chi connectivity index (χ1n) is 8.41. The van der Waals surface area contributed by atoms with Crippen molar-refractivity contribution in [2.75, 3.05) is 11.4 Å². The molecular formula is C20H24N2O2. The molecule has 24 heavy (non-hydrogen) atoms. The monoisotopic (exact) mass is 324 g/mol. The van der Waals surface area contributed by atoms with Gasteiger partial charge in [0.15, 0.2) is 0 Å². The maximum absolute atomic E-state index is 13.1. The summed E-state index contributed by atoms with van der Waals surface area (Å²) in [7, 11) is 0. The lowest BCUT2D eigenvalue weighted by Gasteiger charge is -2.38. The molecule has 1 heterocycles. The highest BCUT2D eigenvalue weighted by Gasteiger charge is 2.37. The van der Waals surface area contributed by atoms with E-state index in [2.05, 4.69) is 19.9 Å². The molecule has 1 aliphatic rings. The zero-order valence-corrected chi connectivity index (χ0v) is 14.4. The molecule has 2 unspecified atom stereocenters. The second kappa shape index (κ2) is 6.65. The van der Waals surface area contributed by atoms with Crippen molar-refractivity contribution in [2.24, 2.45) is 5.73 Å². The van der Waals surface area contributed by atoms with Gasteiger partial charge in [-0.25, -0.2) is 0 Å². The normalized spacial score (nSPS) is 18.3. The van der Waals surface area contributed by atoms with E-state index in [1.165, 1.54) is 5.56 Å². The van der Waals surface area contributed by atoms with Gasteiger partial charge in [-0.15, -0.1) is 0 Å². The van der Waals surface area contributed by atoms with Crippen LogP contribution >= 0.6 is 0 Å². The topological polar surface area (TPSA) is 55.6 Å². The molecule has 2 atom stereocenters. The number of benzene rings is 2. The smallest absolute Gasteiger partial charge is 0.273 e. The number of anilines is 1. The van der Waals surface area contributed by atoms with E-state index in [1.807, 2.05) is 49.4 Å². The van der Waals surface area contributed by atoms with E-state index in [0.29, 0.717) is 12.5 Å². The van der Waals surface area contributed by atoms with Gasteiger partial charge in [-0.05, 0) is 30.5 Å². The largest absolute Gasteiger partial charge is 0.474 e. The molecule has 0 radical (unpaired) electrons. The third-order valence-corrected chi connectivity index (χ3v) is 4.50. The van der Waals surface area contributed by atoms with Gasteiger partial charge in [0, 0.05) is 18.2 Å². The summed E-state index contributed by atoms with van der Waals surface area (Å²) in [5.41, 5.74) is 8.72. The van der Waals surface area contributed by atoms with Crippen LogP contribution < -0.4 is 15.4 Å². The number of hydrogen-bond donors (Lipinski definition) is 1. The molecule has 0 aromatic heterocycles. The summed E-state index contributed by atoms with van der Waals surface area (Å²) in [4.78, 5) is 14.9. The Labute approximate surface area is 143 Å². The maximum Gasteiger partial charge on any atom is 0.273 e. The van der Waals surface area contributed by atoms with Crippen molar-refractivity contribution < 1.29 is 9.53 Å².